The SMILES string of the molecule is COc1ccc(CN2CC(CCN(C)C)Oc3ncccc3C2=O)cc1. The Labute approximate surface area is 154 Å². The molecule has 0 bridgehead atoms. The van der Waals surface area contributed by atoms with Gasteiger partial charge in [0.05, 0.1) is 13.7 Å². The molecule has 0 aliphatic carbocycles. The van der Waals surface area contributed by atoms with Crippen molar-refractivity contribution in [2.75, 3.05) is 34.3 Å². The van der Waals surface area contributed by atoms with E-state index in [-0.39, 0.29) is 12.0 Å². The Bertz CT molecular complexity index is 746. The van der Waals surface area contributed by atoms with Gasteiger partial charge in [0.25, 0.3) is 5.91 Å². The second-order valence-electron chi connectivity index (χ2n) is 6.72. The Morgan fingerprint density at radius 1 is 1.27 bits per heavy atom. The number of nitrogens with zero attached hydrogens (tertiary/aromatic N) is 3. The molecule has 1 amide bonds. The van der Waals surface area contributed by atoms with Crippen molar-refractivity contribution in [1.82, 2.24) is 14.8 Å². The van der Waals surface area contributed by atoms with Crippen LogP contribution in [-0.4, -0.2) is 61.1 Å². The van der Waals surface area contributed by atoms with Crippen molar-refractivity contribution in [3.8, 4) is 11.6 Å². The molecule has 0 saturated carbocycles. The van der Waals surface area contributed by atoms with Crippen molar-refractivity contribution in [2.24, 2.45) is 0 Å². The number of benzene rings is 1. The molecule has 6 nitrogen and oxygen atoms in total. The van der Waals surface area contributed by atoms with E-state index in [2.05, 4.69) is 9.88 Å². The summed E-state index contributed by atoms with van der Waals surface area (Å²) in [6.07, 6.45) is 2.40. The Balaban J connectivity index is 1.82. The van der Waals surface area contributed by atoms with Crippen molar-refractivity contribution < 1.29 is 14.3 Å². The topological polar surface area (TPSA) is 54.9 Å². The van der Waals surface area contributed by atoms with E-state index in [0.29, 0.717) is 24.5 Å². The van der Waals surface area contributed by atoms with Crippen LogP contribution >= 0.6 is 0 Å². The zero-order chi connectivity index (χ0) is 18.5. The van der Waals surface area contributed by atoms with E-state index in [4.69, 9.17) is 9.47 Å². The highest BCUT2D eigenvalue weighted by Crippen LogP contribution is 2.25. The molecular weight excluding hydrogens is 330 g/mol. The molecule has 2 heterocycles. The van der Waals surface area contributed by atoms with E-state index in [1.54, 1.807) is 25.4 Å². The third kappa shape index (κ3) is 4.32. The Morgan fingerprint density at radius 3 is 2.73 bits per heavy atom. The molecule has 2 aromatic rings. The van der Waals surface area contributed by atoms with Crippen molar-refractivity contribution in [1.29, 1.82) is 0 Å². The quantitative estimate of drug-likeness (QED) is 0.797. The fraction of sp³-hybridized carbons (Fsp3) is 0.400. The number of fused-ring (bicyclic) bond motifs is 1. The van der Waals surface area contributed by atoms with Crippen LogP contribution < -0.4 is 9.47 Å². The molecule has 3 rings (SSSR count). The minimum Gasteiger partial charge on any atom is -0.497 e. The molecule has 1 aliphatic rings. The number of aromatic nitrogens is 1. The van der Waals surface area contributed by atoms with Gasteiger partial charge in [-0.15, -0.1) is 0 Å². The summed E-state index contributed by atoms with van der Waals surface area (Å²) in [7, 11) is 5.70. The molecule has 138 valence electrons. The summed E-state index contributed by atoms with van der Waals surface area (Å²) >= 11 is 0. The van der Waals surface area contributed by atoms with Gasteiger partial charge in [0.2, 0.25) is 5.88 Å². The minimum atomic E-state index is -0.0873. The van der Waals surface area contributed by atoms with Crippen LogP contribution in [0.1, 0.15) is 22.3 Å². The van der Waals surface area contributed by atoms with Crippen LogP contribution in [0.5, 0.6) is 11.6 Å². The number of rotatable bonds is 6. The monoisotopic (exact) mass is 355 g/mol. The Kier molecular flexibility index (Phi) is 5.73. The normalized spacial score (nSPS) is 16.8. The number of carbonyl (C=O) groups is 1. The Morgan fingerprint density at radius 2 is 2.04 bits per heavy atom. The predicted octanol–water partition coefficient (Wildman–Crippen LogP) is 2.45. The van der Waals surface area contributed by atoms with Crippen LogP contribution in [0.25, 0.3) is 0 Å². The third-order valence-corrected chi connectivity index (χ3v) is 4.42. The molecule has 6 heteroatoms. The molecule has 26 heavy (non-hydrogen) atoms. The van der Waals surface area contributed by atoms with Crippen LogP contribution in [-0.2, 0) is 6.54 Å². The van der Waals surface area contributed by atoms with Crippen molar-refractivity contribution in [3.05, 3.63) is 53.7 Å². The molecule has 1 aromatic heterocycles. The van der Waals surface area contributed by atoms with Gasteiger partial charge in [0, 0.05) is 19.3 Å². The second kappa shape index (κ2) is 8.19. The van der Waals surface area contributed by atoms with Gasteiger partial charge in [-0.1, -0.05) is 12.1 Å². The molecule has 0 radical (unpaired) electrons. The van der Waals surface area contributed by atoms with Gasteiger partial charge in [-0.3, -0.25) is 4.79 Å². The summed E-state index contributed by atoms with van der Waals surface area (Å²) in [5, 5.41) is 0. The second-order valence-corrected chi connectivity index (χ2v) is 6.72. The molecule has 0 fully saturated rings. The summed E-state index contributed by atoms with van der Waals surface area (Å²) in [6, 6.07) is 11.3. The number of ether oxygens (including phenoxy) is 2. The number of carbonyl (C=O) groups excluding carboxylic acids is 1. The van der Waals surface area contributed by atoms with E-state index >= 15 is 0 Å². The van der Waals surface area contributed by atoms with Crippen LogP contribution in [0.15, 0.2) is 42.6 Å². The first kappa shape index (κ1) is 18.2. The highest BCUT2D eigenvalue weighted by molar-refractivity contribution is 5.96. The van der Waals surface area contributed by atoms with Crippen molar-refractivity contribution >= 4 is 5.91 Å². The first-order chi connectivity index (χ1) is 12.6. The molecule has 0 saturated heterocycles. The molecule has 1 aliphatic heterocycles. The summed E-state index contributed by atoms with van der Waals surface area (Å²) in [4.78, 5) is 21.2. The lowest BCUT2D eigenvalue weighted by atomic mass is 10.1. The zero-order valence-corrected chi connectivity index (χ0v) is 15.5. The van der Waals surface area contributed by atoms with Crippen molar-refractivity contribution in [2.45, 2.75) is 19.1 Å². The summed E-state index contributed by atoms with van der Waals surface area (Å²) in [5.41, 5.74) is 1.58. The van der Waals surface area contributed by atoms with E-state index < -0.39 is 0 Å². The lowest BCUT2D eigenvalue weighted by molar-refractivity contribution is 0.0680. The molecule has 1 unspecified atom stereocenters. The highest BCUT2D eigenvalue weighted by Gasteiger charge is 2.29. The number of hydrogen-bond donors (Lipinski definition) is 0. The minimum absolute atomic E-state index is 0.0451. The van der Waals surface area contributed by atoms with Gasteiger partial charge in [-0.2, -0.15) is 0 Å². The largest absolute Gasteiger partial charge is 0.497 e. The maximum absolute atomic E-state index is 13.0. The van der Waals surface area contributed by atoms with E-state index in [9.17, 15) is 4.79 Å². The summed E-state index contributed by atoms with van der Waals surface area (Å²) < 4.78 is 11.3. The summed E-state index contributed by atoms with van der Waals surface area (Å²) in [5.74, 6) is 1.19. The van der Waals surface area contributed by atoms with Crippen LogP contribution in [0.2, 0.25) is 0 Å². The molecule has 1 atom stereocenters. The molecule has 0 N–H and O–H groups in total. The molecule has 1 aromatic carbocycles. The van der Waals surface area contributed by atoms with Gasteiger partial charge in [0.15, 0.2) is 0 Å². The van der Waals surface area contributed by atoms with Gasteiger partial charge >= 0.3 is 0 Å². The maximum Gasteiger partial charge on any atom is 0.259 e. The number of pyridine rings is 1. The van der Waals surface area contributed by atoms with Gasteiger partial charge in [-0.05, 0) is 50.3 Å². The number of methoxy groups -OCH3 is 1. The highest BCUT2D eigenvalue weighted by atomic mass is 16.5. The zero-order valence-electron chi connectivity index (χ0n) is 15.5. The number of hydrogen-bond acceptors (Lipinski definition) is 5. The van der Waals surface area contributed by atoms with Gasteiger partial charge < -0.3 is 19.3 Å². The van der Waals surface area contributed by atoms with E-state index in [0.717, 1.165) is 24.3 Å². The molecular formula is C20H25N3O3. The lowest BCUT2D eigenvalue weighted by Crippen LogP contribution is -2.37. The molecule has 0 spiro atoms. The predicted molar refractivity (Wildman–Crippen MR) is 99.6 cm³/mol. The van der Waals surface area contributed by atoms with Crippen molar-refractivity contribution in [3.63, 3.8) is 0 Å². The standard InChI is InChI=1S/C20H25N3O3/c1-22(2)12-10-17-14-23(13-15-6-8-16(25-3)9-7-15)20(24)18-5-4-11-21-19(18)26-17/h4-9,11,17H,10,12-14H2,1-3H3. The van der Waals surface area contributed by atoms with Crippen LogP contribution in [0.3, 0.4) is 0 Å². The third-order valence-electron chi connectivity index (χ3n) is 4.42. The van der Waals surface area contributed by atoms with Crippen LogP contribution in [0.4, 0.5) is 0 Å². The van der Waals surface area contributed by atoms with Gasteiger partial charge in [-0.25, -0.2) is 4.98 Å². The maximum atomic E-state index is 13.0. The average Bonchev–Trinajstić information content (AvgIpc) is 2.78. The lowest BCUT2D eigenvalue weighted by Gasteiger charge is -2.25. The first-order valence-electron chi connectivity index (χ1n) is 8.75. The fourth-order valence-electron chi connectivity index (χ4n) is 2.98. The average molecular weight is 355 g/mol. The van der Waals surface area contributed by atoms with E-state index in [1.165, 1.54) is 0 Å². The smallest absolute Gasteiger partial charge is 0.259 e. The fourth-order valence-corrected chi connectivity index (χ4v) is 2.98. The first-order valence-corrected chi connectivity index (χ1v) is 8.75. The van der Waals surface area contributed by atoms with Crippen LogP contribution in [0, 0.1) is 0 Å². The van der Waals surface area contributed by atoms with E-state index in [1.807, 2.05) is 43.3 Å². The Hall–Kier alpha value is -2.60. The number of amides is 1. The van der Waals surface area contributed by atoms with Gasteiger partial charge in [0.1, 0.15) is 17.4 Å². The summed E-state index contributed by atoms with van der Waals surface area (Å²) in [6.45, 7) is 1.95.